The van der Waals surface area contributed by atoms with Crippen molar-refractivity contribution in [3.05, 3.63) is 28.8 Å². The molecule has 106 valence electrons. The molecule has 0 aromatic heterocycles. The molecule has 0 aliphatic heterocycles. The number of likely N-dealkylation sites (N-methyl/N-ethyl adjacent to an activating group) is 1. The number of nitrogens with one attached hydrogen (secondary N) is 1. The van der Waals surface area contributed by atoms with Gasteiger partial charge < -0.3 is 15.3 Å². The topological polar surface area (TPSA) is 52.6 Å². The summed E-state index contributed by atoms with van der Waals surface area (Å²) in [6.45, 7) is 5.19. The Morgan fingerprint density at radius 1 is 1.42 bits per heavy atom. The Kier molecular flexibility index (Phi) is 5.63. The van der Waals surface area contributed by atoms with E-state index in [4.69, 9.17) is 16.7 Å². The quantitative estimate of drug-likeness (QED) is 0.843. The van der Waals surface area contributed by atoms with Gasteiger partial charge in [0.15, 0.2) is 0 Å². The third-order valence-electron chi connectivity index (χ3n) is 2.92. The van der Waals surface area contributed by atoms with Gasteiger partial charge in [-0.25, -0.2) is 4.79 Å². The summed E-state index contributed by atoms with van der Waals surface area (Å²) in [6, 6.07) is 5.22. The smallest absolute Gasteiger partial charge is 0.337 e. The second-order valence-corrected chi connectivity index (χ2v) is 5.66. The van der Waals surface area contributed by atoms with Crippen LogP contribution in [0.25, 0.3) is 0 Å². The standard InChI is InChI=1S/C14H21ClN2O2/c1-9(2)13(8-17(3)4)16-10-5-6-11(14(18)19)12(15)7-10/h5-7,9,13,16H,8H2,1-4H3,(H,18,19). The summed E-state index contributed by atoms with van der Waals surface area (Å²) in [5.41, 5.74) is 0.969. The molecule has 0 saturated carbocycles. The van der Waals surface area contributed by atoms with Gasteiger partial charge in [0.1, 0.15) is 0 Å². The summed E-state index contributed by atoms with van der Waals surface area (Å²) in [4.78, 5) is 13.0. The predicted molar refractivity (Wildman–Crippen MR) is 79.2 cm³/mol. The maximum atomic E-state index is 10.9. The number of carboxylic acid groups (broad SMARTS) is 1. The first-order valence-electron chi connectivity index (χ1n) is 6.25. The van der Waals surface area contributed by atoms with Gasteiger partial charge in [0, 0.05) is 18.3 Å². The van der Waals surface area contributed by atoms with Crippen LogP contribution in [0.2, 0.25) is 5.02 Å². The van der Waals surface area contributed by atoms with Crippen LogP contribution in [-0.2, 0) is 0 Å². The van der Waals surface area contributed by atoms with Gasteiger partial charge >= 0.3 is 5.97 Å². The van der Waals surface area contributed by atoms with Crippen LogP contribution in [0.15, 0.2) is 18.2 Å². The van der Waals surface area contributed by atoms with Crippen LogP contribution in [0.4, 0.5) is 5.69 Å². The molecule has 0 radical (unpaired) electrons. The number of aromatic carboxylic acids is 1. The van der Waals surface area contributed by atoms with Gasteiger partial charge in [-0.15, -0.1) is 0 Å². The van der Waals surface area contributed by atoms with Gasteiger partial charge in [-0.05, 0) is 38.2 Å². The van der Waals surface area contributed by atoms with Crippen LogP contribution < -0.4 is 5.32 Å². The largest absolute Gasteiger partial charge is 0.478 e. The number of hydrogen-bond acceptors (Lipinski definition) is 3. The highest BCUT2D eigenvalue weighted by atomic mass is 35.5. The van der Waals surface area contributed by atoms with E-state index in [1.807, 2.05) is 14.1 Å². The van der Waals surface area contributed by atoms with Crippen molar-refractivity contribution in [1.82, 2.24) is 4.90 Å². The fourth-order valence-corrected chi connectivity index (χ4v) is 2.07. The first-order valence-corrected chi connectivity index (χ1v) is 6.63. The second-order valence-electron chi connectivity index (χ2n) is 5.26. The molecule has 2 N–H and O–H groups in total. The van der Waals surface area contributed by atoms with Crippen molar-refractivity contribution < 1.29 is 9.90 Å². The molecule has 19 heavy (non-hydrogen) atoms. The summed E-state index contributed by atoms with van der Waals surface area (Å²) < 4.78 is 0. The van der Waals surface area contributed by atoms with E-state index in [0.717, 1.165) is 12.2 Å². The Labute approximate surface area is 119 Å². The van der Waals surface area contributed by atoms with Gasteiger partial charge in [-0.3, -0.25) is 0 Å². The Morgan fingerprint density at radius 2 is 2.05 bits per heavy atom. The molecule has 5 heteroatoms. The summed E-state index contributed by atoms with van der Waals surface area (Å²) in [6.07, 6.45) is 0. The number of carbonyl (C=O) groups is 1. The van der Waals surface area contributed by atoms with Crippen molar-refractivity contribution in [2.24, 2.45) is 5.92 Å². The van der Waals surface area contributed by atoms with E-state index in [9.17, 15) is 4.79 Å². The number of halogens is 1. The van der Waals surface area contributed by atoms with Crippen molar-refractivity contribution in [3.8, 4) is 0 Å². The van der Waals surface area contributed by atoms with Crippen molar-refractivity contribution in [2.75, 3.05) is 26.0 Å². The normalized spacial score (nSPS) is 12.8. The monoisotopic (exact) mass is 284 g/mol. The molecular weight excluding hydrogens is 264 g/mol. The van der Waals surface area contributed by atoms with Crippen LogP contribution >= 0.6 is 11.6 Å². The molecule has 1 aromatic rings. The average molecular weight is 285 g/mol. The van der Waals surface area contributed by atoms with Crippen molar-refractivity contribution in [3.63, 3.8) is 0 Å². The molecule has 4 nitrogen and oxygen atoms in total. The maximum absolute atomic E-state index is 10.9. The fourth-order valence-electron chi connectivity index (χ4n) is 1.81. The van der Waals surface area contributed by atoms with Crippen LogP contribution in [-0.4, -0.2) is 42.7 Å². The van der Waals surface area contributed by atoms with Crippen molar-refractivity contribution in [2.45, 2.75) is 19.9 Å². The summed E-state index contributed by atoms with van der Waals surface area (Å²) in [5.74, 6) is -0.550. The third kappa shape index (κ3) is 4.73. The molecule has 0 bridgehead atoms. The lowest BCUT2D eigenvalue weighted by atomic mass is 10.0. The highest BCUT2D eigenvalue weighted by Crippen LogP contribution is 2.22. The molecular formula is C14H21ClN2O2. The predicted octanol–water partition coefficient (Wildman–Crippen LogP) is 3.04. The van der Waals surface area contributed by atoms with Crippen LogP contribution in [0.5, 0.6) is 0 Å². The molecule has 0 spiro atoms. The Hall–Kier alpha value is -1.26. The number of carboxylic acids is 1. The average Bonchev–Trinajstić information content (AvgIpc) is 2.26. The Morgan fingerprint density at radius 3 is 2.47 bits per heavy atom. The van der Waals surface area contributed by atoms with E-state index in [1.165, 1.54) is 6.07 Å². The minimum atomic E-state index is -1.01. The zero-order valence-corrected chi connectivity index (χ0v) is 12.5. The molecule has 1 rings (SSSR count). The molecule has 0 amide bonds. The molecule has 0 aliphatic rings. The number of hydrogen-bond donors (Lipinski definition) is 2. The highest BCUT2D eigenvalue weighted by molar-refractivity contribution is 6.33. The maximum Gasteiger partial charge on any atom is 0.337 e. The van der Waals surface area contributed by atoms with E-state index in [0.29, 0.717) is 5.92 Å². The van der Waals surface area contributed by atoms with E-state index in [-0.39, 0.29) is 16.6 Å². The zero-order chi connectivity index (χ0) is 14.6. The van der Waals surface area contributed by atoms with E-state index < -0.39 is 5.97 Å². The van der Waals surface area contributed by atoms with E-state index in [2.05, 4.69) is 24.1 Å². The van der Waals surface area contributed by atoms with E-state index >= 15 is 0 Å². The van der Waals surface area contributed by atoms with Gasteiger partial charge in [-0.1, -0.05) is 25.4 Å². The fraction of sp³-hybridized carbons (Fsp3) is 0.500. The number of benzene rings is 1. The zero-order valence-electron chi connectivity index (χ0n) is 11.8. The molecule has 1 atom stereocenters. The molecule has 1 aromatic carbocycles. The van der Waals surface area contributed by atoms with Crippen LogP contribution in [0.1, 0.15) is 24.2 Å². The summed E-state index contributed by atoms with van der Waals surface area (Å²) in [7, 11) is 4.05. The summed E-state index contributed by atoms with van der Waals surface area (Å²) in [5, 5.41) is 12.6. The van der Waals surface area contributed by atoms with Crippen molar-refractivity contribution in [1.29, 1.82) is 0 Å². The third-order valence-corrected chi connectivity index (χ3v) is 3.23. The summed E-state index contributed by atoms with van der Waals surface area (Å²) >= 11 is 5.96. The highest BCUT2D eigenvalue weighted by Gasteiger charge is 2.15. The molecule has 0 saturated heterocycles. The van der Waals surface area contributed by atoms with Crippen molar-refractivity contribution >= 4 is 23.3 Å². The lowest BCUT2D eigenvalue weighted by Gasteiger charge is -2.26. The first-order chi connectivity index (χ1) is 8.81. The lowest BCUT2D eigenvalue weighted by molar-refractivity contribution is 0.0697. The van der Waals surface area contributed by atoms with Gasteiger partial charge in [0.2, 0.25) is 0 Å². The Balaban J connectivity index is 2.85. The number of nitrogens with zero attached hydrogens (tertiary/aromatic N) is 1. The minimum absolute atomic E-state index is 0.126. The second kappa shape index (κ2) is 6.78. The molecule has 0 heterocycles. The number of anilines is 1. The van der Waals surface area contributed by atoms with Gasteiger partial charge in [0.25, 0.3) is 0 Å². The van der Waals surface area contributed by atoms with Crippen LogP contribution in [0, 0.1) is 5.92 Å². The number of rotatable bonds is 6. The lowest BCUT2D eigenvalue weighted by Crippen LogP contribution is -2.36. The SMILES string of the molecule is CC(C)C(CN(C)C)Nc1ccc(C(=O)O)c(Cl)c1. The first kappa shape index (κ1) is 15.8. The van der Waals surface area contributed by atoms with Gasteiger partial charge in [-0.2, -0.15) is 0 Å². The minimum Gasteiger partial charge on any atom is -0.478 e. The molecule has 0 aliphatic carbocycles. The van der Waals surface area contributed by atoms with Crippen LogP contribution in [0.3, 0.4) is 0 Å². The van der Waals surface area contributed by atoms with Gasteiger partial charge in [0.05, 0.1) is 10.6 Å². The van der Waals surface area contributed by atoms with E-state index in [1.54, 1.807) is 12.1 Å². The molecule has 0 fully saturated rings. The molecule has 1 unspecified atom stereocenters. The Bertz CT molecular complexity index is 447.